The lowest BCUT2D eigenvalue weighted by atomic mass is 10.1. The van der Waals surface area contributed by atoms with Crippen molar-refractivity contribution in [3.05, 3.63) is 48.8 Å². The minimum atomic E-state index is -4.75. The van der Waals surface area contributed by atoms with Gasteiger partial charge in [-0.1, -0.05) is 11.3 Å². The number of primary amides is 1. The van der Waals surface area contributed by atoms with Gasteiger partial charge in [-0.15, -0.1) is 5.10 Å². The number of phosphoric acid groups is 2. The highest BCUT2D eigenvalue weighted by atomic mass is 31.2. The summed E-state index contributed by atoms with van der Waals surface area (Å²) in [5.74, 6) is -0.703. The molecule has 8 rings (SSSR count). The molecular weight excluding hydrogens is 652 g/mol. The van der Waals surface area contributed by atoms with E-state index in [-0.39, 0.29) is 23.9 Å². The van der Waals surface area contributed by atoms with Gasteiger partial charge in [-0.2, -0.15) is 0 Å². The highest BCUT2D eigenvalue weighted by Crippen LogP contribution is 2.53. The molecular formula is C24H25N9O11P2. The molecule has 20 nitrogen and oxygen atoms in total. The van der Waals surface area contributed by atoms with Crippen LogP contribution < -0.4 is 5.73 Å². The van der Waals surface area contributed by atoms with Crippen molar-refractivity contribution in [3.8, 4) is 0 Å². The third-order valence-electron chi connectivity index (χ3n) is 8.01. The van der Waals surface area contributed by atoms with E-state index in [2.05, 4.69) is 25.3 Å². The van der Waals surface area contributed by atoms with Crippen LogP contribution in [0.4, 0.5) is 0 Å². The van der Waals surface area contributed by atoms with E-state index >= 15 is 0 Å². The maximum atomic E-state index is 13.1. The third-order valence-corrected chi connectivity index (χ3v) is 10.0. The van der Waals surface area contributed by atoms with Crippen LogP contribution in [0.5, 0.6) is 0 Å². The Balaban J connectivity index is 1.04. The molecule has 242 valence electrons. The molecule has 7 heterocycles. The molecule has 0 bridgehead atoms. The molecule has 2 unspecified atom stereocenters. The molecule has 8 atom stereocenters. The van der Waals surface area contributed by atoms with Crippen molar-refractivity contribution >= 4 is 49.4 Å². The average Bonchev–Trinajstić information content (AvgIpc) is 3.83. The Kier molecular flexibility index (Phi) is 7.07. The number of benzene rings is 1. The van der Waals surface area contributed by atoms with E-state index in [9.17, 15) is 23.7 Å². The predicted molar refractivity (Wildman–Crippen MR) is 151 cm³/mol. The molecule has 46 heavy (non-hydrogen) atoms. The number of nitrogens with two attached hydrogens (primary N) is 1. The van der Waals surface area contributed by atoms with Gasteiger partial charge in [0.15, 0.2) is 23.0 Å². The van der Waals surface area contributed by atoms with Crippen LogP contribution in [0.25, 0.3) is 27.8 Å². The summed E-state index contributed by atoms with van der Waals surface area (Å²) >= 11 is 0. The van der Waals surface area contributed by atoms with Gasteiger partial charge in [-0.3, -0.25) is 31.9 Å². The SMILES string of the molecule is NC(=O)c1cccc2c1nnn2[C@H]1C[C@@H]2OP(=O)(O)OC[C@H]3O[C@@H](n4cnc5c4ncn4ccnc54)C[C@@H]3OP(=O)(O)OC[C@H]2O1. The van der Waals surface area contributed by atoms with Crippen molar-refractivity contribution in [2.75, 3.05) is 13.2 Å². The molecule has 3 fully saturated rings. The van der Waals surface area contributed by atoms with Gasteiger partial charge in [-0.05, 0) is 12.1 Å². The average molecular weight is 677 g/mol. The summed E-state index contributed by atoms with van der Waals surface area (Å²) in [6.07, 6.45) is 0.115. The highest BCUT2D eigenvalue weighted by molar-refractivity contribution is 7.47. The molecule has 0 radical (unpaired) electrons. The molecule has 0 spiro atoms. The van der Waals surface area contributed by atoms with Crippen molar-refractivity contribution in [2.24, 2.45) is 5.73 Å². The molecule has 3 aliphatic heterocycles. The minimum absolute atomic E-state index is 0.0164. The van der Waals surface area contributed by atoms with Crippen LogP contribution in [-0.2, 0) is 36.7 Å². The number of hydrogen-bond acceptors (Lipinski definition) is 14. The fraction of sp³-hybridized carbons (Fsp3) is 0.417. The Morgan fingerprint density at radius 2 is 1.57 bits per heavy atom. The highest BCUT2D eigenvalue weighted by Gasteiger charge is 2.48. The summed E-state index contributed by atoms with van der Waals surface area (Å²) in [6, 6.07) is 4.72. The number of amides is 1. The molecule has 0 aliphatic carbocycles. The largest absolute Gasteiger partial charge is 0.472 e. The van der Waals surface area contributed by atoms with Gasteiger partial charge in [-0.25, -0.2) is 28.8 Å². The normalized spacial score (nSPS) is 34.0. The Labute approximate surface area is 257 Å². The van der Waals surface area contributed by atoms with Crippen LogP contribution in [0.3, 0.4) is 0 Å². The van der Waals surface area contributed by atoms with Gasteiger partial charge < -0.3 is 25.0 Å². The second kappa shape index (κ2) is 11.0. The molecule has 1 aromatic carbocycles. The Bertz CT molecular complexity index is 2080. The third kappa shape index (κ3) is 5.22. The summed E-state index contributed by atoms with van der Waals surface area (Å²) in [7, 11) is -9.50. The molecule has 5 aromatic rings. The first-order valence-corrected chi connectivity index (χ1v) is 16.9. The maximum Gasteiger partial charge on any atom is 0.472 e. The van der Waals surface area contributed by atoms with E-state index in [0.29, 0.717) is 22.3 Å². The number of ether oxygens (including phenoxy) is 2. The summed E-state index contributed by atoms with van der Waals surface area (Å²) in [4.78, 5) is 46.3. The van der Waals surface area contributed by atoms with Crippen molar-refractivity contribution in [2.45, 2.75) is 49.7 Å². The van der Waals surface area contributed by atoms with Gasteiger partial charge in [0.2, 0.25) is 0 Å². The predicted octanol–water partition coefficient (Wildman–Crippen LogP) is 1.22. The van der Waals surface area contributed by atoms with Crippen LogP contribution in [-0.4, -0.2) is 92.2 Å². The van der Waals surface area contributed by atoms with E-state index in [1.807, 2.05) is 0 Å². The van der Waals surface area contributed by atoms with Crippen molar-refractivity contribution < 1.29 is 51.3 Å². The van der Waals surface area contributed by atoms with E-state index in [1.165, 1.54) is 17.1 Å². The Hall–Kier alpha value is -3.68. The van der Waals surface area contributed by atoms with Gasteiger partial charge in [0.05, 0.1) is 30.6 Å². The smallest absolute Gasteiger partial charge is 0.366 e. The fourth-order valence-electron chi connectivity index (χ4n) is 5.91. The Morgan fingerprint density at radius 3 is 2.28 bits per heavy atom. The number of rotatable bonds is 3. The van der Waals surface area contributed by atoms with Gasteiger partial charge in [0.1, 0.15) is 42.5 Å². The minimum Gasteiger partial charge on any atom is -0.366 e. The molecule has 4 aromatic heterocycles. The van der Waals surface area contributed by atoms with Crippen molar-refractivity contribution in [1.82, 2.24) is 38.9 Å². The van der Waals surface area contributed by atoms with E-state index < -0.39 is 71.6 Å². The lowest BCUT2D eigenvalue weighted by Gasteiger charge is -2.26. The van der Waals surface area contributed by atoms with Crippen LogP contribution in [0.15, 0.2) is 43.2 Å². The molecule has 3 saturated heterocycles. The molecule has 1 amide bonds. The first kappa shape index (κ1) is 29.7. The molecule has 22 heteroatoms. The second-order valence-corrected chi connectivity index (χ2v) is 13.7. The van der Waals surface area contributed by atoms with Crippen molar-refractivity contribution in [3.63, 3.8) is 0 Å². The first-order chi connectivity index (χ1) is 22.1. The lowest BCUT2D eigenvalue weighted by Crippen LogP contribution is -2.32. The molecule has 4 N–H and O–H groups in total. The summed E-state index contributed by atoms with van der Waals surface area (Å²) in [5, 5.41) is 8.10. The number of carbonyl (C=O) groups excluding carboxylic acids is 1. The summed E-state index contributed by atoms with van der Waals surface area (Å²) in [6.45, 7) is -1.10. The number of nitrogens with zero attached hydrogens (tertiary/aromatic N) is 8. The number of phosphoric ester groups is 2. The number of fused-ring (bicyclic) bond motifs is 6. The van der Waals surface area contributed by atoms with Crippen LogP contribution in [0.1, 0.15) is 35.7 Å². The number of imidazole rings is 2. The number of aromatic nitrogens is 8. The van der Waals surface area contributed by atoms with Gasteiger partial charge in [0, 0.05) is 25.2 Å². The zero-order valence-corrected chi connectivity index (χ0v) is 25.2. The van der Waals surface area contributed by atoms with E-state index in [4.69, 9.17) is 33.3 Å². The second-order valence-electron chi connectivity index (χ2n) is 10.8. The van der Waals surface area contributed by atoms with Crippen LogP contribution in [0, 0.1) is 0 Å². The van der Waals surface area contributed by atoms with Gasteiger partial charge >= 0.3 is 15.6 Å². The zero-order valence-electron chi connectivity index (χ0n) is 23.5. The standard InChI is InChI=1S/C24H25N9O11P2/c25-22(34)12-2-1-3-13-20(12)29-30-33(13)19-7-15-17(42-19)9-40-45(35,36)43-14-6-18(41-16(14)8-39-46(37,38)44-15)32-11-27-21-23-26-4-5-31(23)10-28-24(21)32/h1-5,10-11,14-19H,6-9H2,(H2,25,34)(H,35,36)(H,37,38)/t14-,15-,16+,17+,18+,19+/m0/s1. The fourth-order valence-corrected chi connectivity index (χ4v) is 7.83. The van der Waals surface area contributed by atoms with E-state index in [1.54, 1.807) is 39.8 Å². The van der Waals surface area contributed by atoms with Crippen LogP contribution in [0.2, 0.25) is 0 Å². The quantitative estimate of drug-likeness (QED) is 0.227. The first-order valence-electron chi connectivity index (χ1n) is 14.0. The van der Waals surface area contributed by atoms with Crippen LogP contribution >= 0.6 is 15.6 Å². The summed E-state index contributed by atoms with van der Waals surface area (Å²) in [5.41, 5.74) is 7.72. The molecule has 0 saturated carbocycles. The Morgan fingerprint density at radius 1 is 0.870 bits per heavy atom. The summed E-state index contributed by atoms with van der Waals surface area (Å²) < 4.78 is 64.6. The topological polar surface area (TPSA) is 252 Å². The van der Waals surface area contributed by atoms with Gasteiger partial charge in [0.25, 0.3) is 5.91 Å². The number of hydrogen-bond donors (Lipinski definition) is 3. The monoisotopic (exact) mass is 677 g/mol. The van der Waals surface area contributed by atoms with E-state index in [0.717, 1.165) is 0 Å². The molecule has 3 aliphatic rings. The maximum absolute atomic E-state index is 13.1. The number of carbonyl (C=O) groups is 1. The van der Waals surface area contributed by atoms with Crippen molar-refractivity contribution in [1.29, 1.82) is 0 Å². The zero-order chi connectivity index (χ0) is 31.8. The lowest BCUT2D eigenvalue weighted by molar-refractivity contribution is -0.0676.